The fourth-order valence-corrected chi connectivity index (χ4v) is 2.41. The molecule has 1 heterocycles. The lowest BCUT2D eigenvalue weighted by Crippen LogP contribution is -2.45. The number of halogens is 1. The molecule has 0 amide bonds. The molecule has 0 saturated carbocycles. The molecule has 5 nitrogen and oxygen atoms in total. The minimum Gasteiger partial charge on any atom is -0.383 e. The van der Waals surface area contributed by atoms with E-state index in [0.29, 0.717) is 6.04 Å². The van der Waals surface area contributed by atoms with Crippen LogP contribution in [0.4, 0.5) is 0 Å². The summed E-state index contributed by atoms with van der Waals surface area (Å²) in [6.45, 7) is 9.67. The maximum atomic E-state index is 5.13. The van der Waals surface area contributed by atoms with Crippen molar-refractivity contribution < 1.29 is 4.74 Å². The SMILES string of the molecule is CCC(C)NC(=NC)NCC1CCN(CCOC)CC1.I. The number of likely N-dealkylation sites (tertiary alicyclic amines) is 1. The maximum Gasteiger partial charge on any atom is 0.191 e. The highest BCUT2D eigenvalue weighted by Gasteiger charge is 2.19. The maximum absolute atomic E-state index is 5.13. The second kappa shape index (κ2) is 12.5. The number of nitrogens with zero attached hydrogens (tertiary/aromatic N) is 2. The van der Waals surface area contributed by atoms with E-state index in [-0.39, 0.29) is 24.0 Å². The quantitative estimate of drug-likeness (QED) is 0.381. The van der Waals surface area contributed by atoms with Gasteiger partial charge in [0.15, 0.2) is 5.96 Å². The van der Waals surface area contributed by atoms with E-state index >= 15 is 0 Å². The number of rotatable bonds is 7. The van der Waals surface area contributed by atoms with Crippen molar-refractivity contribution in [3.05, 3.63) is 0 Å². The number of aliphatic imine (C=N–C) groups is 1. The van der Waals surface area contributed by atoms with Crippen LogP contribution in [-0.2, 0) is 4.74 Å². The monoisotopic (exact) mass is 412 g/mol. The summed E-state index contributed by atoms with van der Waals surface area (Å²) >= 11 is 0. The van der Waals surface area contributed by atoms with E-state index in [9.17, 15) is 0 Å². The van der Waals surface area contributed by atoms with Crippen molar-refractivity contribution in [3.63, 3.8) is 0 Å². The van der Waals surface area contributed by atoms with Gasteiger partial charge in [-0.15, -0.1) is 24.0 Å². The molecule has 0 aromatic heterocycles. The highest BCUT2D eigenvalue weighted by molar-refractivity contribution is 14.0. The van der Waals surface area contributed by atoms with Gasteiger partial charge < -0.3 is 20.3 Å². The van der Waals surface area contributed by atoms with Gasteiger partial charge in [-0.25, -0.2) is 0 Å². The predicted molar refractivity (Wildman–Crippen MR) is 101 cm³/mol. The van der Waals surface area contributed by atoms with E-state index in [1.807, 2.05) is 7.05 Å². The van der Waals surface area contributed by atoms with Crippen molar-refractivity contribution in [2.24, 2.45) is 10.9 Å². The Bertz CT molecular complexity index is 281. The third-order valence-electron chi connectivity index (χ3n) is 4.10. The number of hydrogen-bond donors (Lipinski definition) is 2. The van der Waals surface area contributed by atoms with Crippen LogP contribution in [0, 0.1) is 5.92 Å². The second-order valence-corrected chi connectivity index (χ2v) is 5.68. The van der Waals surface area contributed by atoms with Crippen molar-refractivity contribution >= 4 is 29.9 Å². The molecule has 1 aliphatic heterocycles. The molecular formula is C15H33IN4O. The van der Waals surface area contributed by atoms with Gasteiger partial charge in [-0.2, -0.15) is 0 Å². The Kier molecular flexibility index (Phi) is 12.4. The Morgan fingerprint density at radius 2 is 2.05 bits per heavy atom. The number of guanidine groups is 1. The molecule has 1 aliphatic rings. The van der Waals surface area contributed by atoms with Crippen LogP contribution in [0.25, 0.3) is 0 Å². The highest BCUT2D eigenvalue weighted by Crippen LogP contribution is 2.15. The summed E-state index contributed by atoms with van der Waals surface area (Å²) in [5, 5.41) is 6.86. The third kappa shape index (κ3) is 8.83. The van der Waals surface area contributed by atoms with Crippen LogP contribution in [0.3, 0.4) is 0 Å². The zero-order chi connectivity index (χ0) is 14.8. The molecule has 0 radical (unpaired) electrons. The normalized spacial score (nSPS) is 19.0. The molecule has 0 aliphatic carbocycles. The van der Waals surface area contributed by atoms with Crippen molar-refractivity contribution in [1.82, 2.24) is 15.5 Å². The highest BCUT2D eigenvalue weighted by atomic mass is 127. The molecule has 1 saturated heterocycles. The summed E-state index contributed by atoms with van der Waals surface area (Å²) in [6, 6.07) is 0.470. The Morgan fingerprint density at radius 3 is 2.57 bits per heavy atom. The first-order valence-corrected chi connectivity index (χ1v) is 7.88. The molecule has 126 valence electrons. The first-order chi connectivity index (χ1) is 9.69. The molecule has 0 bridgehead atoms. The molecule has 21 heavy (non-hydrogen) atoms. The average molecular weight is 412 g/mol. The van der Waals surface area contributed by atoms with Crippen LogP contribution in [0.15, 0.2) is 4.99 Å². The zero-order valence-electron chi connectivity index (χ0n) is 14.0. The topological polar surface area (TPSA) is 48.9 Å². The molecular weight excluding hydrogens is 379 g/mol. The molecule has 2 N–H and O–H groups in total. The minimum absolute atomic E-state index is 0. The van der Waals surface area contributed by atoms with Crippen LogP contribution in [0.1, 0.15) is 33.1 Å². The molecule has 6 heteroatoms. The van der Waals surface area contributed by atoms with Crippen LogP contribution in [0.5, 0.6) is 0 Å². The van der Waals surface area contributed by atoms with Gasteiger partial charge in [0.2, 0.25) is 0 Å². The van der Waals surface area contributed by atoms with E-state index in [2.05, 4.69) is 34.4 Å². The van der Waals surface area contributed by atoms with Gasteiger partial charge in [-0.05, 0) is 45.2 Å². The number of piperidine rings is 1. The van der Waals surface area contributed by atoms with Gasteiger partial charge in [0.25, 0.3) is 0 Å². The molecule has 0 aromatic carbocycles. The molecule has 1 unspecified atom stereocenters. The van der Waals surface area contributed by atoms with E-state index in [1.54, 1.807) is 7.11 Å². The lowest BCUT2D eigenvalue weighted by atomic mass is 9.97. The Balaban J connectivity index is 0.00000400. The van der Waals surface area contributed by atoms with Crippen molar-refractivity contribution in [2.45, 2.75) is 39.2 Å². The summed E-state index contributed by atoms with van der Waals surface area (Å²) in [4.78, 5) is 6.78. The van der Waals surface area contributed by atoms with Gasteiger partial charge in [0.05, 0.1) is 6.61 Å². The molecule has 1 rings (SSSR count). The van der Waals surface area contributed by atoms with E-state index in [1.165, 1.54) is 25.9 Å². The number of ether oxygens (including phenoxy) is 1. The Hall–Kier alpha value is -0.0800. The predicted octanol–water partition coefficient (Wildman–Crippen LogP) is 1.93. The molecule has 0 spiro atoms. The van der Waals surface area contributed by atoms with Crippen molar-refractivity contribution in [2.75, 3.05) is 46.9 Å². The van der Waals surface area contributed by atoms with Gasteiger partial charge >= 0.3 is 0 Å². The Morgan fingerprint density at radius 1 is 1.38 bits per heavy atom. The van der Waals surface area contributed by atoms with Crippen LogP contribution in [-0.4, -0.2) is 63.8 Å². The fourth-order valence-electron chi connectivity index (χ4n) is 2.41. The van der Waals surface area contributed by atoms with Crippen LogP contribution < -0.4 is 10.6 Å². The first-order valence-electron chi connectivity index (χ1n) is 7.88. The van der Waals surface area contributed by atoms with Crippen molar-refractivity contribution in [1.29, 1.82) is 0 Å². The van der Waals surface area contributed by atoms with E-state index in [0.717, 1.165) is 38.0 Å². The molecule has 0 aromatic rings. The van der Waals surface area contributed by atoms with Gasteiger partial charge in [-0.3, -0.25) is 4.99 Å². The summed E-state index contributed by atoms with van der Waals surface area (Å²) in [5.74, 6) is 1.69. The fraction of sp³-hybridized carbons (Fsp3) is 0.933. The molecule has 1 atom stereocenters. The summed E-state index contributed by atoms with van der Waals surface area (Å²) < 4.78 is 5.13. The summed E-state index contributed by atoms with van der Waals surface area (Å²) in [7, 11) is 3.61. The van der Waals surface area contributed by atoms with Gasteiger partial charge in [0.1, 0.15) is 0 Å². The van der Waals surface area contributed by atoms with Crippen molar-refractivity contribution in [3.8, 4) is 0 Å². The minimum atomic E-state index is 0. The smallest absolute Gasteiger partial charge is 0.191 e. The largest absolute Gasteiger partial charge is 0.383 e. The standard InChI is InChI=1S/C15H32N4O.HI/c1-5-13(2)18-15(16-3)17-12-14-6-8-19(9-7-14)10-11-20-4;/h13-14H,5-12H2,1-4H3,(H2,16,17,18);1H. The zero-order valence-corrected chi connectivity index (χ0v) is 16.4. The number of nitrogens with one attached hydrogen (secondary N) is 2. The van der Waals surface area contributed by atoms with Crippen LogP contribution >= 0.6 is 24.0 Å². The number of methoxy groups -OCH3 is 1. The van der Waals surface area contributed by atoms with Gasteiger partial charge in [0, 0.05) is 33.3 Å². The average Bonchev–Trinajstić information content (AvgIpc) is 2.50. The summed E-state index contributed by atoms with van der Waals surface area (Å²) in [5.41, 5.74) is 0. The lowest BCUT2D eigenvalue weighted by Gasteiger charge is -2.32. The van der Waals surface area contributed by atoms with Crippen LogP contribution in [0.2, 0.25) is 0 Å². The Labute approximate surface area is 147 Å². The molecule has 1 fully saturated rings. The van der Waals surface area contributed by atoms with E-state index < -0.39 is 0 Å². The third-order valence-corrected chi connectivity index (χ3v) is 4.10. The summed E-state index contributed by atoms with van der Waals surface area (Å²) in [6.07, 6.45) is 3.63. The second-order valence-electron chi connectivity index (χ2n) is 5.68. The first kappa shape index (κ1) is 20.9. The lowest BCUT2D eigenvalue weighted by molar-refractivity contribution is 0.121. The van der Waals surface area contributed by atoms with Gasteiger partial charge in [-0.1, -0.05) is 6.92 Å². The van der Waals surface area contributed by atoms with E-state index in [4.69, 9.17) is 4.74 Å². The number of hydrogen-bond acceptors (Lipinski definition) is 3.